The third-order valence-corrected chi connectivity index (χ3v) is 2.90. The average Bonchev–Trinajstić information content (AvgIpc) is 2.31. The second kappa shape index (κ2) is 5.73. The van der Waals surface area contributed by atoms with E-state index in [1.165, 1.54) is 0 Å². The molecule has 0 heterocycles. The highest BCUT2D eigenvalue weighted by atomic mass is 16.2. The SMILES string of the molecule is CCNc1ccc(C(=O)NC(C)(C)C(N)=O)cc1C. The van der Waals surface area contributed by atoms with Gasteiger partial charge in [-0.05, 0) is 51.5 Å². The molecule has 104 valence electrons. The summed E-state index contributed by atoms with van der Waals surface area (Å²) in [5.41, 5.74) is 6.64. The third kappa shape index (κ3) is 3.71. The van der Waals surface area contributed by atoms with Crippen LogP contribution in [0.1, 0.15) is 36.7 Å². The van der Waals surface area contributed by atoms with E-state index in [-0.39, 0.29) is 5.91 Å². The number of carbonyl (C=O) groups excluding carboxylic acids is 2. The second-order valence-corrected chi connectivity index (χ2v) is 5.00. The minimum absolute atomic E-state index is 0.310. The Hall–Kier alpha value is -2.04. The van der Waals surface area contributed by atoms with Gasteiger partial charge in [0.2, 0.25) is 5.91 Å². The van der Waals surface area contributed by atoms with Crippen molar-refractivity contribution in [3.63, 3.8) is 0 Å². The lowest BCUT2D eigenvalue weighted by atomic mass is 10.0. The minimum atomic E-state index is -1.06. The topological polar surface area (TPSA) is 84.2 Å². The highest BCUT2D eigenvalue weighted by Gasteiger charge is 2.27. The monoisotopic (exact) mass is 263 g/mol. The minimum Gasteiger partial charge on any atom is -0.385 e. The second-order valence-electron chi connectivity index (χ2n) is 5.00. The third-order valence-electron chi connectivity index (χ3n) is 2.90. The fraction of sp³-hybridized carbons (Fsp3) is 0.429. The molecule has 0 spiro atoms. The van der Waals surface area contributed by atoms with Crippen molar-refractivity contribution in [2.75, 3.05) is 11.9 Å². The molecule has 0 atom stereocenters. The number of amides is 2. The molecule has 0 aliphatic rings. The molecule has 0 unspecified atom stereocenters. The fourth-order valence-corrected chi connectivity index (χ4v) is 1.61. The van der Waals surface area contributed by atoms with E-state index in [1.54, 1.807) is 26.0 Å². The van der Waals surface area contributed by atoms with Crippen molar-refractivity contribution in [3.05, 3.63) is 29.3 Å². The van der Waals surface area contributed by atoms with Crippen LogP contribution < -0.4 is 16.4 Å². The van der Waals surface area contributed by atoms with Crippen LogP contribution in [0.2, 0.25) is 0 Å². The molecular weight excluding hydrogens is 242 g/mol. The standard InChI is InChI=1S/C14H21N3O2/c1-5-16-11-7-6-10(8-9(11)2)12(18)17-14(3,4)13(15)19/h6-8,16H,5H2,1-4H3,(H2,15,19)(H,17,18). The maximum Gasteiger partial charge on any atom is 0.252 e. The van der Waals surface area contributed by atoms with Crippen LogP contribution in [0.25, 0.3) is 0 Å². The summed E-state index contributed by atoms with van der Waals surface area (Å²) in [7, 11) is 0. The van der Waals surface area contributed by atoms with Crippen LogP contribution in [0, 0.1) is 6.92 Å². The predicted molar refractivity (Wildman–Crippen MR) is 76.1 cm³/mol. The Balaban J connectivity index is 2.90. The van der Waals surface area contributed by atoms with Crippen molar-refractivity contribution in [3.8, 4) is 0 Å². The molecule has 19 heavy (non-hydrogen) atoms. The van der Waals surface area contributed by atoms with Gasteiger partial charge in [0.15, 0.2) is 0 Å². The van der Waals surface area contributed by atoms with E-state index in [0.717, 1.165) is 17.8 Å². The van der Waals surface area contributed by atoms with Crippen LogP contribution in [0.3, 0.4) is 0 Å². The quantitative estimate of drug-likeness (QED) is 0.751. The lowest BCUT2D eigenvalue weighted by molar-refractivity contribution is -0.122. The lowest BCUT2D eigenvalue weighted by Gasteiger charge is -2.22. The molecule has 0 saturated carbocycles. The Labute approximate surface area is 113 Å². The molecule has 0 bridgehead atoms. The number of carbonyl (C=O) groups is 2. The van der Waals surface area contributed by atoms with E-state index in [9.17, 15) is 9.59 Å². The maximum absolute atomic E-state index is 12.0. The molecule has 2 amide bonds. The van der Waals surface area contributed by atoms with Gasteiger partial charge in [-0.3, -0.25) is 9.59 Å². The number of benzene rings is 1. The van der Waals surface area contributed by atoms with Crippen LogP contribution in [0.4, 0.5) is 5.69 Å². The van der Waals surface area contributed by atoms with Crippen LogP contribution in [0.5, 0.6) is 0 Å². The van der Waals surface area contributed by atoms with Gasteiger partial charge >= 0.3 is 0 Å². The normalized spacial score (nSPS) is 10.9. The van der Waals surface area contributed by atoms with Crippen LogP contribution >= 0.6 is 0 Å². The molecule has 0 aliphatic carbocycles. The molecule has 4 N–H and O–H groups in total. The van der Waals surface area contributed by atoms with E-state index in [2.05, 4.69) is 10.6 Å². The molecule has 0 fully saturated rings. The largest absolute Gasteiger partial charge is 0.385 e. The number of hydrogen-bond acceptors (Lipinski definition) is 3. The van der Waals surface area contributed by atoms with Gasteiger partial charge in [-0.15, -0.1) is 0 Å². The summed E-state index contributed by atoms with van der Waals surface area (Å²) in [5, 5.41) is 5.82. The number of aryl methyl sites for hydroxylation is 1. The first-order valence-corrected chi connectivity index (χ1v) is 6.25. The first-order chi connectivity index (χ1) is 8.77. The van der Waals surface area contributed by atoms with Crippen molar-refractivity contribution >= 4 is 17.5 Å². The van der Waals surface area contributed by atoms with Crippen molar-refractivity contribution in [2.24, 2.45) is 5.73 Å². The zero-order valence-corrected chi connectivity index (χ0v) is 11.8. The number of rotatable bonds is 5. The molecule has 1 aromatic carbocycles. The number of hydrogen-bond donors (Lipinski definition) is 3. The highest BCUT2D eigenvalue weighted by molar-refractivity contribution is 5.99. The summed E-state index contributed by atoms with van der Waals surface area (Å²) in [4.78, 5) is 23.2. The molecule has 0 aromatic heterocycles. The van der Waals surface area contributed by atoms with Crippen LogP contribution in [-0.2, 0) is 4.79 Å². The lowest BCUT2D eigenvalue weighted by Crippen LogP contribution is -2.53. The Morgan fingerprint density at radius 2 is 1.95 bits per heavy atom. The van der Waals surface area contributed by atoms with Gasteiger partial charge in [0.25, 0.3) is 5.91 Å². The summed E-state index contributed by atoms with van der Waals surface area (Å²) >= 11 is 0. The molecule has 1 rings (SSSR count). The van der Waals surface area contributed by atoms with Crippen molar-refractivity contribution in [1.82, 2.24) is 5.32 Å². The molecule has 0 aliphatic heterocycles. The fourth-order valence-electron chi connectivity index (χ4n) is 1.61. The Morgan fingerprint density at radius 1 is 1.32 bits per heavy atom. The number of nitrogens with one attached hydrogen (secondary N) is 2. The summed E-state index contributed by atoms with van der Waals surface area (Å²) in [6.07, 6.45) is 0. The Kier molecular flexibility index (Phi) is 4.53. The number of nitrogens with two attached hydrogens (primary N) is 1. The molecule has 1 aromatic rings. The molecule has 0 saturated heterocycles. The van der Waals surface area contributed by atoms with E-state index >= 15 is 0 Å². The molecule has 5 nitrogen and oxygen atoms in total. The summed E-state index contributed by atoms with van der Waals surface area (Å²) < 4.78 is 0. The molecular formula is C14H21N3O2. The summed E-state index contributed by atoms with van der Waals surface area (Å²) in [6, 6.07) is 5.35. The molecule has 0 radical (unpaired) electrons. The van der Waals surface area contributed by atoms with Gasteiger partial charge in [-0.2, -0.15) is 0 Å². The van der Waals surface area contributed by atoms with Gasteiger partial charge < -0.3 is 16.4 Å². The first kappa shape index (κ1) is 15.0. The van der Waals surface area contributed by atoms with E-state index in [0.29, 0.717) is 5.56 Å². The maximum atomic E-state index is 12.0. The van der Waals surface area contributed by atoms with E-state index in [4.69, 9.17) is 5.73 Å². The van der Waals surface area contributed by atoms with E-state index < -0.39 is 11.4 Å². The van der Waals surface area contributed by atoms with Crippen molar-refractivity contribution in [2.45, 2.75) is 33.2 Å². The smallest absolute Gasteiger partial charge is 0.252 e. The average molecular weight is 263 g/mol. The zero-order valence-electron chi connectivity index (χ0n) is 11.8. The van der Waals surface area contributed by atoms with Crippen LogP contribution in [0.15, 0.2) is 18.2 Å². The Morgan fingerprint density at radius 3 is 2.42 bits per heavy atom. The van der Waals surface area contributed by atoms with Crippen LogP contribution in [-0.4, -0.2) is 23.9 Å². The van der Waals surface area contributed by atoms with Gasteiger partial charge in [0, 0.05) is 17.8 Å². The van der Waals surface area contributed by atoms with Gasteiger partial charge in [0.1, 0.15) is 5.54 Å². The highest BCUT2D eigenvalue weighted by Crippen LogP contribution is 2.16. The molecule has 5 heteroatoms. The van der Waals surface area contributed by atoms with Crippen molar-refractivity contribution < 1.29 is 9.59 Å². The van der Waals surface area contributed by atoms with Crippen molar-refractivity contribution in [1.29, 1.82) is 0 Å². The summed E-state index contributed by atoms with van der Waals surface area (Å²) in [5.74, 6) is -0.878. The first-order valence-electron chi connectivity index (χ1n) is 6.25. The van der Waals surface area contributed by atoms with Gasteiger partial charge in [-0.25, -0.2) is 0 Å². The van der Waals surface area contributed by atoms with E-state index in [1.807, 2.05) is 19.9 Å². The van der Waals surface area contributed by atoms with Gasteiger partial charge in [-0.1, -0.05) is 0 Å². The predicted octanol–water partition coefficient (Wildman–Crippen LogP) is 1.42. The number of primary amides is 1. The summed E-state index contributed by atoms with van der Waals surface area (Å²) in [6.45, 7) is 7.91. The van der Waals surface area contributed by atoms with Gasteiger partial charge in [0.05, 0.1) is 0 Å². The Bertz CT molecular complexity index is 495. The zero-order chi connectivity index (χ0) is 14.6. The number of anilines is 1.